The number of hydrogen-bond acceptors (Lipinski definition) is 7. The van der Waals surface area contributed by atoms with E-state index in [1.807, 2.05) is 11.0 Å². The summed E-state index contributed by atoms with van der Waals surface area (Å²) in [6, 6.07) is 15.4. The molecule has 1 saturated heterocycles. The molecule has 0 unspecified atom stereocenters. The van der Waals surface area contributed by atoms with Gasteiger partial charge < -0.3 is 9.64 Å². The first-order valence-electron chi connectivity index (χ1n) is 11.9. The van der Waals surface area contributed by atoms with Gasteiger partial charge in [0.05, 0.1) is 27.2 Å². The number of anilines is 1. The van der Waals surface area contributed by atoms with Crippen LogP contribution >= 0.6 is 24.2 Å². The maximum atomic E-state index is 15.0. The van der Waals surface area contributed by atoms with Gasteiger partial charge in [-0.15, -0.1) is 11.3 Å². The number of carbonyl (C=O) groups excluding carboxylic acids is 3. The monoisotopic (exact) mass is 550 g/mol. The molecule has 0 aliphatic carbocycles. The number of nitrogens with zero attached hydrogens (tertiary/aromatic N) is 3. The highest BCUT2D eigenvalue weighted by Gasteiger charge is 2.23. The molecule has 4 aromatic rings. The average molecular weight is 551 g/mol. The van der Waals surface area contributed by atoms with Crippen LogP contribution < -0.4 is 14.4 Å². The van der Waals surface area contributed by atoms with Gasteiger partial charge in [0, 0.05) is 31.4 Å². The SMILES string of the molecule is O=C(Cc1ccccc1)NC(=O)N(S)c1ccc(Oc2ccnc3cc(C(=O)N4CCCC4)sc23)c(F)c1. The standard InChI is InChI=1S/C27H23FN4O4S2/c28-19-15-18(32(37)27(35)30-24(33)14-17-6-2-1-3-7-17)8-9-21(19)36-22-10-11-29-20-16-23(38-25(20)22)26(34)31-12-4-5-13-31/h1-3,6-11,15-16,37H,4-5,12-14H2,(H,30,33,35). The van der Waals surface area contributed by atoms with Crippen LogP contribution in [0.3, 0.4) is 0 Å². The number of rotatable bonds is 6. The first kappa shape index (κ1) is 25.7. The zero-order valence-electron chi connectivity index (χ0n) is 20.1. The lowest BCUT2D eigenvalue weighted by Crippen LogP contribution is -2.39. The second kappa shape index (κ2) is 11.2. The Morgan fingerprint density at radius 3 is 2.55 bits per heavy atom. The summed E-state index contributed by atoms with van der Waals surface area (Å²) in [7, 11) is 0. The Hall–Kier alpha value is -3.96. The Bertz CT molecular complexity index is 1510. The number of aromatic nitrogens is 1. The minimum absolute atomic E-state index is 0.0177. The molecule has 2 aromatic carbocycles. The van der Waals surface area contributed by atoms with E-state index in [1.165, 1.54) is 29.7 Å². The number of imide groups is 1. The molecule has 1 fully saturated rings. The highest BCUT2D eigenvalue weighted by atomic mass is 32.1. The second-order valence-corrected chi connectivity index (χ2v) is 10.1. The molecular weight excluding hydrogens is 527 g/mol. The number of urea groups is 1. The molecular formula is C27H23FN4O4S2. The van der Waals surface area contributed by atoms with Crippen molar-refractivity contribution in [3.63, 3.8) is 0 Å². The molecule has 3 heterocycles. The molecule has 0 atom stereocenters. The van der Waals surface area contributed by atoms with E-state index < -0.39 is 17.8 Å². The zero-order valence-corrected chi connectivity index (χ0v) is 21.8. The fourth-order valence-electron chi connectivity index (χ4n) is 4.11. The highest BCUT2D eigenvalue weighted by Crippen LogP contribution is 2.37. The van der Waals surface area contributed by atoms with Gasteiger partial charge in [-0.1, -0.05) is 43.1 Å². The lowest BCUT2D eigenvalue weighted by Gasteiger charge is -2.17. The quantitative estimate of drug-likeness (QED) is 0.305. The topological polar surface area (TPSA) is 91.8 Å². The highest BCUT2D eigenvalue weighted by molar-refractivity contribution is 7.82. The number of fused-ring (bicyclic) bond motifs is 1. The van der Waals surface area contributed by atoms with Crippen molar-refractivity contribution >= 4 is 57.9 Å². The van der Waals surface area contributed by atoms with Gasteiger partial charge in [0.25, 0.3) is 5.91 Å². The third-order valence-corrected chi connectivity index (χ3v) is 7.55. The van der Waals surface area contributed by atoms with Gasteiger partial charge in [-0.05, 0) is 36.6 Å². The summed E-state index contributed by atoms with van der Waals surface area (Å²) in [6.07, 6.45) is 3.54. The maximum absolute atomic E-state index is 15.0. The van der Waals surface area contributed by atoms with Crippen molar-refractivity contribution in [1.29, 1.82) is 0 Å². The van der Waals surface area contributed by atoms with Crippen molar-refractivity contribution in [3.05, 3.63) is 83.1 Å². The summed E-state index contributed by atoms with van der Waals surface area (Å²) >= 11 is 5.38. The lowest BCUT2D eigenvalue weighted by molar-refractivity contribution is -0.119. The minimum Gasteiger partial charge on any atom is -0.453 e. The van der Waals surface area contributed by atoms with E-state index in [0.29, 0.717) is 20.8 Å². The van der Waals surface area contributed by atoms with Crippen LogP contribution in [0.1, 0.15) is 28.1 Å². The summed E-state index contributed by atoms with van der Waals surface area (Å²) in [5.41, 5.74) is 1.45. The predicted molar refractivity (Wildman–Crippen MR) is 146 cm³/mol. The van der Waals surface area contributed by atoms with E-state index in [2.05, 4.69) is 23.1 Å². The molecule has 5 rings (SSSR count). The third kappa shape index (κ3) is 5.63. The number of nitrogens with one attached hydrogen (secondary N) is 1. The number of thiol groups is 1. The van der Waals surface area contributed by atoms with Gasteiger partial charge in [0.2, 0.25) is 5.91 Å². The van der Waals surface area contributed by atoms with Crippen molar-refractivity contribution in [3.8, 4) is 11.5 Å². The van der Waals surface area contributed by atoms with Crippen molar-refractivity contribution in [1.82, 2.24) is 15.2 Å². The third-order valence-electron chi connectivity index (χ3n) is 6.01. The summed E-state index contributed by atoms with van der Waals surface area (Å²) in [6.45, 7) is 1.48. The molecule has 8 nitrogen and oxygen atoms in total. The van der Waals surface area contributed by atoms with Gasteiger partial charge in [0.1, 0.15) is 5.75 Å². The van der Waals surface area contributed by atoms with Crippen LogP contribution in [0.4, 0.5) is 14.9 Å². The normalized spacial score (nSPS) is 12.9. The number of benzene rings is 2. The molecule has 0 radical (unpaired) electrons. The van der Waals surface area contributed by atoms with Crippen LogP contribution in [0, 0.1) is 5.82 Å². The van der Waals surface area contributed by atoms with E-state index in [0.717, 1.165) is 41.9 Å². The number of carbonyl (C=O) groups is 3. The maximum Gasteiger partial charge on any atom is 0.338 e. The largest absolute Gasteiger partial charge is 0.453 e. The van der Waals surface area contributed by atoms with E-state index in [-0.39, 0.29) is 23.8 Å². The van der Waals surface area contributed by atoms with Gasteiger partial charge in [-0.25, -0.2) is 13.5 Å². The number of thiophene rings is 1. The van der Waals surface area contributed by atoms with Crippen LogP contribution in [0.25, 0.3) is 10.2 Å². The summed E-state index contributed by atoms with van der Waals surface area (Å²) in [4.78, 5) is 44.1. The molecule has 1 aliphatic heterocycles. The van der Waals surface area contributed by atoms with Gasteiger partial charge >= 0.3 is 6.03 Å². The smallest absolute Gasteiger partial charge is 0.338 e. The molecule has 2 aromatic heterocycles. The Morgan fingerprint density at radius 2 is 1.82 bits per heavy atom. The van der Waals surface area contributed by atoms with E-state index in [1.54, 1.807) is 36.4 Å². The number of ether oxygens (including phenoxy) is 1. The van der Waals surface area contributed by atoms with Crippen LogP contribution in [-0.4, -0.2) is 40.8 Å². The molecule has 0 bridgehead atoms. The Kier molecular flexibility index (Phi) is 7.57. The van der Waals surface area contributed by atoms with E-state index >= 15 is 0 Å². The molecule has 11 heteroatoms. The first-order valence-corrected chi connectivity index (χ1v) is 13.1. The first-order chi connectivity index (χ1) is 18.4. The Morgan fingerprint density at radius 1 is 1.05 bits per heavy atom. The lowest BCUT2D eigenvalue weighted by atomic mass is 10.1. The molecule has 0 saturated carbocycles. The Labute approximate surface area is 227 Å². The number of amides is 4. The number of likely N-dealkylation sites (tertiary alicyclic amines) is 1. The van der Waals surface area contributed by atoms with E-state index in [9.17, 15) is 18.8 Å². The number of pyridine rings is 1. The van der Waals surface area contributed by atoms with Crippen molar-refractivity contribution in [2.45, 2.75) is 19.3 Å². The van der Waals surface area contributed by atoms with Gasteiger partial charge in [0.15, 0.2) is 11.6 Å². The van der Waals surface area contributed by atoms with Crippen molar-refractivity contribution in [2.75, 3.05) is 17.4 Å². The molecule has 4 amide bonds. The molecule has 194 valence electrons. The fraction of sp³-hybridized carbons (Fsp3) is 0.185. The van der Waals surface area contributed by atoms with Gasteiger partial charge in [-0.2, -0.15) is 0 Å². The van der Waals surface area contributed by atoms with Crippen molar-refractivity contribution < 1.29 is 23.5 Å². The van der Waals surface area contributed by atoms with E-state index in [4.69, 9.17) is 4.74 Å². The van der Waals surface area contributed by atoms with Crippen LogP contribution in [-0.2, 0) is 11.2 Å². The van der Waals surface area contributed by atoms with Crippen LogP contribution in [0.15, 0.2) is 66.9 Å². The van der Waals surface area contributed by atoms with Crippen LogP contribution in [0.2, 0.25) is 0 Å². The molecule has 1 aliphatic rings. The minimum atomic E-state index is -0.813. The summed E-state index contributed by atoms with van der Waals surface area (Å²) in [5.74, 6) is -1.01. The van der Waals surface area contributed by atoms with Crippen molar-refractivity contribution in [2.24, 2.45) is 0 Å². The number of halogens is 1. The predicted octanol–water partition coefficient (Wildman–Crippen LogP) is 5.59. The molecule has 0 spiro atoms. The average Bonchev–Trinajstić information content (AvgIpc) is 3.60. The Balaban J connectivity index is 1.28. The van der Waals surface area contributed by atoms with Crippen LogP contribution in [0.5, 0.6) is 11.5 Å². The summed E-state index contributed by atoms with van der Waals surface area (Å²) < 4.78 is 22.3. The fourth-order valence-corrected chi connectivity index (χ4v) is 5.32. The van der Waals surface area contributed by atoms with Gasteiger partial charge in [-0.3, -0.25) is 19.9 Å². The second-order valence-electron chi connectivity index (χ2n) is 8.68. The summed E-state index contributed by atoms with van der Waals surface area (Å²) in [5, 5.41) is 2.23. The zero-order chi connectivity index (χ0) is 26.6. The number of hydrogen-bond donors (Lipinski definition) is 2. The molecule has 38 heavy (non-hydrogen) atoms. The molecule has 1 N–H and O–H groups in total.